The van der Waals surface area contributed by atoms with Gasteiger partial charge in [-0.3, -0.25) is 4.79 Å². The van der Waals surface area contributed by atoms with E-state index in [4.69, 9.17) is 0 Å². The van der Waals surface area contributed by atoms with Crippen molar-refractivity contribution in [2.24, 2.45) is 0 Å². The molecule has 1 atom stereocenters. The number of carbonyl (C=O) groups is 1. The first-order valence-electron chi connectivity index (χ1n) is 6.66. The van der Waals surface area contributed by atoms with Gasteiger partial charge in [-0.15, -0.1) is 0 Å². The van der Waals surface area contributed by atoms with E-state index in [0.29, 0.717) is 12.6 Å². The maximum atomic E-state index is 11.6. The fourth-order valence-corrected chi connectivity index (χ4v) is 2.17. The van der Waals surface area contributed by atoms with Crippen molar-refractivity contribution in [1.29, 1.82) is 0 Å². The lowest BCUT2D eigenvalue weighted by molar-refractivity contribution is -0.120. The normalized spacial score (nSPS) is 16.4. The molecule has 3 heteroatoms. The molecule has 0 bridgehead atoms. The molecule has 1 amide bonds. The summed E-state index contributed by atoms with van der Waals surface area (Å²) in [4.78, 5) is 11.6. The van der Waals surface area contributed by atoms with Gasteiger partial charge in [-0.05, 0) is 44.7 Å². The van der Waals surface area contributed by atoms with Gasteiger partial charge in [0.2, 0.25) is 5.91 Å². The van der Waals surface area contributed by atoms with Gasteiger partial charge in [0.05, 0.1) is 6.54 Å². The highest BCUT2D eigenvalue weighted by molar-refractivity contribution is 5.78. The van der Waals surface area contributed by atoms with Crippen molar-refractivity contribution in [1.82, 2.24) is 10.6 Å². The van der Waals surface area contributed by atoms with Gasteiger partial charge in [0.25, 0.3) is 0 Å². The number of hydrogen-bond donors (Lipinski definition) is 2. The number of hydrogen-bond acceptors (Lipinski definition) is 2. The van der Waals surface area contributed by atoms with Crippen molar-refractivity contribution < 1.29 is 4.79 Å². The molecule has 0 heterocycles. The van der Waals surface area contributed by atoms with E-state index in [9.17, 15) is 4.79 Å². The Kier molecular flexibility index (Phi) is 4.02. The molecular formula is C15H22N2O. The average molecular weight is 246 g/mol. The molecule has 2 N–H and O–H groups in total. The predicted octanol–water partition coefficient (Wildman–Crippen LogP) is 2.23. The Balaban J connectivity index is 1.86. The van der Waals surface area contributed by atoms with E-state index in [1.54, 1.807) is 0 Å². The standard InChI is InChI=1S/C15H22N2O/c1-10-4-7-14(11(2)8-10)12(3)16-9-15(18)17-13-5-6-13/h4,7-8,12-13,16H,5-6,9H2,1-3H3,(H,17,18). The van der Waals surface area contributed by atoms with Gasteiger partial charge in [0, 0.05) is 12.1 Å². The summed E-state index contributed by atoms with van der Waals surface area (Å²) in [6.07, 6.45) is 2.27. The highest BCUT2D eigenvalue weighted by Crippen LogP contribution is 2.19. The van der Waals surface area contributed by atoms with E-state index in [2.05, 4.69) is 49.6 Å². The third-order valence-electron chi connectivity index (χ3n) is 3.40. The van der Waals surface area contributed by atoms with Crippen LogP contribution in [0.4, 0.5) is 0 Å². The second kappa shape index (κ2) is 5.53. The van der Waals surface area contributed by atoms with Crippen molar-refractivity contribution in [2.45, 2.75) is 45.7 Å². The smallest absolute Gasteiger partial charge is 0.234 e. The van der Waals surface area contributed by atoms with Crippen LogP contribution in [0.2, 0.25) is 0 Å². The molecule has 0 aliphatic heterocycles. The summed E-state index contributed by atoms with van der Waals surface area (Å²) in [6.45, 7) is 6.70. The van der Waals surface area contributed by atoms with Gasteiger partial charge in [-0.2, -0.15) is 0 Å². The molecule has 0 radical (unpaired) electrons. The number of rotatable bonds is 5. The molecular weight excluding hydrogens is 224 g/mol. The van der Waals surface area contributed by atoms with E-state index < -0.39 is 0 Å². The summed E-state index contributed by atoms with van der Waals surface area (Å²) in [5.41, 5.74) is 3.81. The molecule has 1 saturated carbocycles. The van der Waals surface area contributed by atoms with E-state index in [-0.39, 0.29) is 11.9 Å². The zero-order valence-corrected chi connectivity index (χ0v) is 11.4. The molecule has 0 aromatic heterocycles. The Morgan fingerprint density at radius 1 is 1.39 bits per heavy atom. The number of benzene rings is 1. The lowest BCUT2D eigenvalue weighted by Gasteiger charge is -2.17. The quantitative estimate of drug-likeness (QED) is 0.836. The molecule has 98 valence electrons. The average Bonchev–Trinajstić information content (AvgIpc) is 3.10. The minimum Gasteiger partial charge on any atom is -0.352 e. The maximum absolute atomic E-state index is 11.6. The van der Waals surface area contributed by atoms with Crippen LogP contribution >= 0.6 is 0 Å². The SMILES string of the molecule is Cc1ccc(C(C)NCC(=O)NC2CC2)c(C)c1. The Hall–Kier alpha value is -1.35. The summed E-state index contributed by atoms with van der Waals surface area (Å²) in [5, 5.41) is 6.26. The first-order valence-corrected chi connectivity index (χ1v) is 6.66. The van der Waals surface area contributed by atoms with Gasteiger partial charge >= 0.3 is 0 Å². The topological polar surface area (TPSA) is 41.1 Å². The first kappa shape index (κ1) is 13.1. The number of amides is 1. The van der Waals surface area contributed by atoms with Gasteiger partial charge in [-0.25, -0.2) is 0 Å². The highest BCUT2D eigenvalue weighted by atomic mass is 16.2. The van der Waals surface area contributed by atoms with Crippen LogP contribution in [0.3, 0.4) is 0 Å². The lowest BCUT2D eigenvalue weighted by atomic mass is 10.0. The van der Waals surface area contributed by atoms with Crippen LogP contribution in [-0.4, -0.2) is 18.5 Å². The molecule has 3 nitrogen and oxygen atoms in total. The van der Waals surface area contributed by atoms with E-state index in [0.717, 1.165) is 12.8 Å². The van der Waals surface area contributed by atoms with Crippen molar-refractivity contribution in [3.8, 4) is 0 Å². The second-order valence-electron chi connectivity index (χ2n) is 5.30. The molecule has 1 unspecified atom stereocenters. The van der Waals surface area contributed by atoms with E-state index in [1.807, 2.05) is 0 Å². The fourth-order valence-electron chi connectivity index (χ4n) is 2.17. The van der Waals surface area contributed by atoms with Gasteiger partial charge in [0.15, 0.2) is 0 Å². The van der Waals surface area contributed by atoms with Crippen molar-refractivity contribution >= 4 is 5.91 Å². The van der Waals surface area contributed by atoms with Crippen LogP contribution in [0.15, 0.2) is 18.2 Å². The number of nitrogens with one attached hydrogen (secondary N) is 2. The van der Waals surface area contributed by atoms with Crippen molar-refractivity contribution in [3.63, 3.8) is 0 Å². The van der Waals surface area contributed by atoms with Crippen molar-refractivity contribution in [3.05, 3.63) is 34.9 Å². The third-order valence-corrected chi connectivity index (χ3v) is 3.40. The summed E-state index contributed by atoms with van der Waals surface area (Å²) >= 11 is 0. The van der Waals surface area contributed by atoms with Gasteiger partial charge in [0.1, 0.15) is 0 Å². The van der Waals surface area contributed by atoms with Crippen LogP contribution in [0.5, 0.6) is 0 Å². The largest absolute Gasteiger partial charge is 0.352 e. The minimum absolute atomic E-state index is 0.106. The Labute approximate surface area is 109 Å². The Morgan fingerprint density at radius 3 is 2.72 bits per heavy atom. The van der Waals surface area contributed by atoms with Crippen LogP contribution < -0.4 is 10.6 Å². The monoisotopic (exact) mass is 246 g/mol. The van der Waals surface area contributed by atoms with Crippen LogP contribution in [0.1, 0.15) is 42.5 Å². The van der Waals surface area contributed by atoms with E-state index in [1.165, 1.54) is 16.7 Å². The van der Waals surface area contributed by atoms with Crippen LogP contribution in [0.25, 0.3) is 0 Å². The maximum Gasteiger partial charge on any atom is 0.234 e. The van der Waals surface area contributed by atoms with Gasteiger partial charge in [-0.1, -0.05) is 23.8 Å². The molecule has 1 aromatic carbocycles. The van der Waals surface area contributed by atoms with Crippen LogP contribution in [0, 0.1) is 13.8 Å². The summed E-state index contributed by atoms with van der Waals surface area (Å²) < 4.78 is 0. The van der Waals surface area contributed by atoms with E-state index >= 15 is 0 Å². The predicted molar refractivity (Wildman–Crippen MR) is 73.5 cm³/mol. The zero-order valence-electron chi connectivity index (χ0n) is 11.4. The summed E-state index contributed by atoms with van der Waals surface area (Å²) in [5.74, 6) is 0.106. The summed E-state index contributed by atoms with van der Waals surface area (Å²) in [7, 11) is 0. The minimum atomic E-state index is 0.106. The zero-order chi connectivity index (χ0) is 13.1. The third kappa shape index (κ3) is 3.57. The second-order valence-corrected chi connectivity index (χ2v) is 5.30. The fraction of sp³-hybridized carbons (Fsp3) is 0.533. The first-order chi connectivity index (χ1) is 8.56. The molecule has 1 aliphatic rings. The van der Waals surface area contributed by atoms with Crippen LogP contribution in [-0.2, 0) is 4.79 Å². The number of aryl methyl sites for hydroxylation is 2. The molecule has 18 heavy (non-hydrogen) atoms. The molecule has 1 aromatic rings. The Bertz CT molecular complexity index is 438. The van der Waals surface area contributed by atoms with Gasteiger partial charge < -0.3 is 10.6 Å². The molecule has 1 aliphatic carbocycles. The molecule has 0 spiro atoms. The molecule has 0 saturated heterocycles. The molecule has 1 fully saturated rings. The summed E-state index contributed by atoms with van der Waals surface area (Å²) in [6, 6.07) is 7.08. The molecule has 2 rings (SSSR count). The Morgan fingerprint density at radius 2 is 2.11 bits per heavy atom. The highest BCUT2D eigenvalue weighted by Gasteiger charge is 2.23. The number of carbonyl (C=O) groups excluding carboxylic acids is 1. The lowest BCUT2D eigenvalue weighted by Crippen LogP contribution is -2.36. The van der Waals surface area contributed by atoms with Crippen molar-refractivity contribution in [2.75, 3.05) is 6.54 Å².